The molecule has 1 rings (SSSR count). The summed E-state index contributed by atoms with van der Waals surface area (Å²) in [5, 5.41) is 8.86. The fourth-order valence-electron chi connectivity index (χ4n) is 1.72. The van der Waals surface area contributed by atoms with Crippen molar-refractivity contribution in [3.8, 4) is 6.07 Å². The summed E-state index contributed by atoms with van der Waals surface area (Å²) in [4.78, 5) is 14.1. The van der Waals surface area contributed by atoms with Crippen LogP contribution in [0.25, 0.3) is 0 Å². The first-order valence-corrected chi connectivity index (χ1v) is 7.60. The van der Waals surface area contributed by atoms with Crippen LogP contribution in [0.15, 0.2) is 24.3 Å². The van der Waals surface area contributed by atoms with E-state index in [9.17, 15) is 4.79 Å². The predicted octanol–water partition coefficient (Wildman–Crippen LogP) is 3.16. The Labute approximate surface area is 119 Å². The van der Waals surface area contributed by atoms with Crippen molar-refractivity contribution in [1.29, 1.82) is 5.26 Å². The number of nitrogens with zero attached hydrogens (tertiary/aromatic N) is 2. The monoisotopic (exact) mass is 276 g/mol. The van der Waals surface area contributed by atoms with Gasteiger partial charge in [0.25, 0.3) is 5.91 Å². The Morgan fingerprint density at radius 3 is 2.89 bits per heavy atom. The number of benzene rings is 1. The number of nitriles is 1. The summed E-state index contributed by atoms with van der Waals surface area (Å²) in [6.45, 7) is 4.19. The molecule has 0 aliphatic rings. The molecule has 0 spiro atoms. The highest BCUT2D eigenvalue weighted by Crippen LogP contribution is 2.13. The Bertz CT molecular complexity index is 467. The van der Waals surface area contributed by atoms with Gasteiger partial charge in [0.15, 0.2) is 0 Å². The van der Waals surface area contributed by atoms with E-state index in [1.807, 2.05) is 18.8 Å². The molecule has 1 amide bonds. The first-order chi connectivity index (χ1) is 9.10. The number of amides is 1. The maximum Gasteiger partial charge on any atom is 0.253 e. The summed E-state index contributed by atoms with van der Waals surface area (Å²) >= 11 is 1.89. The maximum atomic E-state index is 12.3. The van der Waals surface area contributed by atoms with Crippen molar-refractivity contribution in [3.05, 3.63) is 35.4 Å². The second kappa shape index (κ2) is 7.85. The normalized spacial score (nSPS) is 11.7. The third-order valence-corrected chi connectivity index (χ3v) is 4.04. The molecule has 0 aliphatic carbocycles. The summed E-state index contributed by atoms with van der Waals surface area (Å²) in [5.74, 6) is 2.15. The van der Waals surface area contributed by atoms with Crippen LogP contribution in [0.3, 0.4) is 0 Å². The van der Waals surface area contributed by atoms with Gasteiger partial charge in [0.1, 0.15) is 0 Å². The van der Waals surface area contributed by atoms with Gasteiger partial charge < -0.3 is 4.90 Å². The third kappa shape index (κ3) is 4.60. The molecule has 1 aromatic carbocycles. The molecular formula is C15H20N2OS. The SMILES string of the molecule is CCSCC[C@@H](C)N(C)C(=O)c1cccc(C#N)c1. The summed E-state index contributed by atoms with van der Waals surface area (Å²) in [6, 6.07) is 9.12. The third-order valence-electron chi connectivity index (χ3n) is 3.10. The molecule has 0 aliphatic heterocycles. The van der Waals surface area contributed by atoms with Gasteiger partial charge in [-0.15, -0.1) is 0 Å². The van der Waals surface area contributed by atoms with E-state index in [2.05, 4.69) is 19.9 Å². The molecule has 102 valence electrons. The van der Waals surface area contributed by atoms with Gasteiger partial charge >= 0.3 is 0 Å². The molecule has 0 bridgehead atoms. The van der Waals surface area contributed by atoms with Crippen LogP contribution in [0.5, 0.6) is 0 Å². The zero-order valence-electron chi connectivity index (χ0n) is 11.7. The van der Waals surface area contributed by atoms with Crippen molar-refractivity contribution >= 4 is 17.7 Å². The van der Waals surface area contributed by atoms with E-state index >= 15 is 0 Å². The molecule has 3 nitrogen and oxygen atoms in total. The first-order valence-electron chi connectivity index (χ1n) is 6.45. The van der Waals surface area contributed by atoms with E-state index in [0.717, 1.165) is 17.9 Å². The molecule has 0 saturated carbocycles. The summed E-state index contributed by atoms with van der Waals surface area (Å²) in [5.41, 5.74) is 1.10. The highest BCUT2D eigenvalue weighted by molar-refractivity contribution is 7.99. The molecule has 0 unspecified atom stereocenters. The van der Waals surface area contributed by atoms with E-state index in [4.69, 9.17) is 5.26 Å². The second-order valence-corrected chi connectivity index (χ2v) is 5.84. The topological polar surface area (TPSA) is 44.1 Å². The molecule has 4 heteroatoms. The Morgan fingerprint density at radius 1 is 1.53 bits per heavy atom. The van der Waals surface area contributed by atoms with Crippen molar-refractivity contribution in [2.45, 2.75) is 26.3 Å². The molecule has 0 aromatic heterocycles. The van der Waals surface area contributed by atoms with Crippen LogP contribution in [-0.2, 0) is 0 Å². The van der Waals surface area contributed by atoms with Crippen molar-refractivity contribution in [3.63, 3.8) is 0 Å². The van der Waals surface area contributed by atoms with Crippen molar-refractivity contribution < 1.29 is 4.79 Å². The van der Waals surface area contributed by atoms with E-state index in [0.29, 0.717) is 11.1 Å². The summed E-state index contributed by atoms with van der Waals surface area (Å²) < 4.78 is 0. The number of carbonyl (C=O) groups is 1. The van der Waals surface area contributed by atoms with Gasteiger partial charge in [-0.3, -0.25) is 4.79 Å². The van der Waals surface area contributed by atoms with Crippen LogP contribution >= 0.6 is 11.8 Å². The first kappa shape index (κ1) is 15.6. The lowest BCUT2D eigenvalue weighted by Crippen LogP contribution is -2.35. The predicted molar refractivity (Wildman–Crippen MR) is 80.3 cm³/mol. The average molecular weight is 276 g/mol. The molecular weight excluding hydrogens is 256 g/mol. The van der Waals surface area contributed by atoms with Gasteiger partial charge in [0.05, 0.1) is 11.6 Å². The fraction of sp³-hybridized carbons (Fsp3) is 0.467. The van der Waals surface area contributed by atoms with Crippen LogP contribution in [0.2, 0.25) is 0 Å². The Morgan fingerprint density at radius 2 is 2.26 bits per heavy atom. The molecule has 0 saturated heterocycles. The number of hydrogen-bond acceptors (Lipinski definition) is 3. The van der Waals surface area contributed by atoms with Gasteiger partial charge in [0, 0.05) is 18.7 Å². The van der Waals surface area contributed by atoms with Crippen molar-refractivity contribution in [2.24, 2.45) is 0 Å². The Kier molecular flexibility index (Phi) is 6.44. The number of carbonyl (C=O) groups excluding carboxylic acids is 1. The Balaban J connectivity index is 2.68. The highest BCUT2D eigenvalue weighted by Gasteiger charge is 2.17. The van der Waals surface area contributed by atoms with E-state index in [1.165, 1.54) is 0 Å². The minimum absolute atomic E-state index is 0.0221. The molecule has 19 heavy (non-hydrogen) atoms. The van der Waals surface area contributed by atoms with Crippen LogP contribution in [0.4, 0.5) is 0 Å². The molecule has 1 atom stereocenters. The van der Waals surface area contributed by atoms with E-state index < -0.39 is 0 Å². The van der Waals surface area contributed by atoms with Gasteiger partial charge in [-0.25, -0.2) is 0 Å². The zero-order valence-corrected chi connectivity index (χ0v) is 12.5. The lowest BCUT2D eigenvalue weighted by atomic mass is 10.1. The summed E-state index contributed by atoms with van der Waals surface area (Å²) in [6.07, 6.45) is 0.985. The second-order valence-electron chi connectivity index (χ2n) is 4.44. The number of thioether (sulfide) groups is 1. The number of hydrogen-bond donors (Lipinski definition) is 0. The van der Waals surface area contributed by atoms with Crippen molar-refractivity contribution in [1.82, 2.24) is 4.90 Å². The lowest BCUT2D eigenvalue weighted by molar-refractivity contribution is 0.0741. The zero-order chi connectivity index (χ0) is 14.3. The molecule has 0 fully saturated rings. The molecule has 0 radical (unpaired) electrons. The van der Waals surface area contributed by atoms with E-state index in [-0.39, 0.29) is 11.9 Å². The van der Waals surface area contributed by atoms with Crippen LogP contribution in [0.1, 0.15) is 36.2 Å². The van der Waals surface area contributed by atoms with Crippen LogP contribution in [-0.4, -0.2) is 35.4 Å². The lowest BCUT2D eigenvalue weighted by Gasteiger charge is -2.25. The van der Waals surface area contributed by atoms with Crippen LogP contribution in [0, 0.1) is 11.3 Å². The Hall–Kier alpha value is -1.47. The molecule has 0 N–H and O–H groups in total. The summed E-state index contributed by atoms with van der Waals surface area (Å²) in [7, 11) is 1.82. The van der Waals surface area contributed by atoms with Gasteiger partial charge in [-0.2, -0.15) is 17.0 Å². The molecule has 1 aromatic rings. The average Bonchev–Trinajstić information content (AvgIpc) is 2.45. The number of rotatable bonds is 6. The quantitative estimate of drug-likeness (QED) is 0.750. The van der Waals surface area contributed by atoms with Gasteiger partial charge in [-0.05, 0) is 43.0 Å². The van der Waals surface area contributed by atoms with Gasteiger partial charge in [0.2, 0.25) is 0 Å². The van der Waals surface area contributed by atoms with E-state index in [1.54, 1.807) is 29.2 Å². The largest absolute Gasteiger partial charge is 0.339 e. The molecule has 0 heterocycles. The van der Waals surface area contributed by atoms with Gasteiger partial charge in [-0.1, -0.05) is 13.0 Å². The minimum atomic E-state index is -0.0221. The smallest absolute Gasteiger partial charge is 0.253 e. The highest BCUT2D eigenvalue weighted by atomic mass is 32.2. The fourth-order valence-corrected chi connectivity index (χ4v) is 2.51. The standard InChI is InChI=1S/C15H20N2OS/c1-4-19-9-8-12(2)17(3)15(18)14-7-5-6-13(10-14)11-16/h5-7,10,12H,4,8-9H2,1-3H3/t12-/m1/s1. The van der Waals surface area contributed by atoms with Crippen molar-refractivity contribution in [2.75, 3.05) is 18.6 Å². The van der Waals surface area contributed by atoms with Crippen LogP contribution < -0.4 is 0 Å². The minimum Gasteiger partial charge on any atom is -0.339 e. The maximum absolute atomic E-state index is 12.3.